The van der Waals surface area contributed by atoms with Crippen LogP contribution in [0, 0.1) is 12.7 Å². The lowest BCUT2D eigenvalue weighted by molar-refractivity contribution is 0.0740. The molecule has 0 unspecified atom stereocenters. The van der Waals surface area contributed by atoms with Crippen molar-refractivity contribution in [3.63, 3.8) is 0 Å². The van der Waals surface area contributed by atoms with E-state index in [1.54, 1.807) is 24.5 Å². The summed E-state index contributed by atoms with van der Waals surface area (Å²) < 4.78 is 13.5. The summed E-state index contributed by atoms with van der Waals surface area (Å²) in [4.78, 5) is 28.4. The summed E-state index contributed by atoms with van der Waals surface area (Å²) in [5, 5.41) is 0.750. The lowest BCUT2D eigenvalue weighted by Gasteiger charge is -2.34. The van der Waals surface area contributed by atoms with Gasteiger partial charge in [0.05, 0.1) is 0 Å². The molecule has 128 valence electrons. The zero-order valence-electron chi connectivity index (χ0n) is 13.9. The number of nitrogens with zero attached hydrogens (tertiary/aromatic N) is 4. The van der Waals surface area contributed by atoms with Crippen LogP contribution in [0.4, 0.5) is 10.3 Å². The van der Waals surface area contributed by atoms with Crippen molar-refractivity contribution in [2.75, 3.05) is 31.1 Å². The van der Waals surface area contributed by atoms with E-state index < -0.39 is 0 Å². The molecule has 2 aromatic heterocycles. The van der Waals surface area contributed by atoms with Gasteiger partial charge in [0.1, 0.15) is 11.5 Å². The van der Waals surface area contributed by atoms with Gasteiger partial charge in [-0.1, -0.05) is 0 Å². The molecule has 1 aromatic carbocycles. The van der Waals surface area contributed by atoms with E-state index in [1.165, 1.54) is 12.1 Å². The summed E-state index contributed by atoms with van der Waals surface area (Å²) in [7, 11) is 0. The van der Waals surface area contributed by atoms with Gasteiger partial charge in [0.25, 0.3) is 5.91 Å². The molecule has 1 fully saturated rings. The third kappa shape index (κ3) is 2.82. The van der Waals surface area contributed by atoms with Gasteiger partial charge in [-0.05, 0) is 36.8 Å². The maximum absolute atomic E-state index is 13.5. The smallest absolute Gasteiger partial charge is 0.270 e. The summed E-state index contributed by atoms with van der Waals surface area (Å²) in [5.74, 6) is 0.333. The molecule has 3 aromatic rings. The summed E-state index contributed by atoms with van der Waals surface area (Å²) in [6.45, 7) is 4.41. The highest BCUT2D eigenvalue weighted by Gasteiger charge is 2.26. The average Bonchev–Trinajstić information content (AvgIpc) is 2.98. The van der Waals surface area contributed by atoms with Gasteiger partial charge in [-0.2, -0.15) is 0 Å². The first-order valence-electron chi connectivity index (χ1n) is 8.22. The molecular weight excluding hydrogens is 321 g/mol. The maximum atomic E-state index is 13.5. The van der Waals surface area contributed by atoms with E-state index in [0.717, 1.165) is 16.5 Å². The summed E-state index contributed by atoms with van der Waals surface area (Å²) in [6, 6.07) is 6.30. The van der Waals surface area contributed by atoms with Crippen LogP contribution in [0.1, 0.15) is 16.1 Å². The molecule has 0 saturated carbocycles. The molecule has 1 aliphatic rings. The third-order valence-electron chi connectivity index (χ3n) is 4.64. The number of rotatable bonds is 2. The Morgan fingerprint density at radius 2 is 1.88 bits per heavy atom. The molecule has 1 aliphatic heterocycles. The predicted octanol–water partition coefficient (Wildman–Crippen LogP) is 2.37. The lowest BCUT2D eigenvalue weighted by atomic mass is 10.1. The quantitative estimate of drug-likeness (QED) is 0.778. The van der Waals surface area contributed by atoms with E-state index >= 15 is 0 Å². The molecule has 6 nitrogen and oxygen atoms in total. The molecule has 1 N–H and O–H groups in total. The van der Waals surface area contributed by atoms with Gasteiger partial charge in [-0.3, -0.25) is 4.79 Å². The Kier molecular flexibility index (Phi) is 3.83. The van der Waals surface area contributed by atoms with E-state index in [0.29, 0.717) is 37.8 Å². The van der Waals surface area contributed by atoms with Crippen molar-refractivity contribution >= 4 is 22.8 Å². The molecular formula is C18H18FN5O. The van der Waals surface area contributed by atoms with Crippen molar-refractivity contribution in [3.05, 3.63) is 53.7 Å². The number of fused-ring (bicyclic) bond motifs is 1. The zero-order valence-corrected chi connectivity index (χ0v) is 13.9. The van der Waals surface area contributed by atoms with Gasteiger partial charge in [-0.15, -0.1) is 0 Å². The second-order valence-electron chi connectivity index (χ2n) is 6.14. The molecule has 1 saturated heterocycles. The standard InChI is InChI=1S/C18H18FN5O/c1-12-14-11-13(19)3-4-15(14)22-16(12)17(25)23-7-9-24(10-8-23)18-20-5-2-6-21-18/h2-6,11,22H,7-10H2,1H3. The number of amides is 1. The summed E-state index contributed by atoms with van der Waals surface area (Å²) in [5.41, 5.74) is 2.09. The van der Waals surface area contributed by atoms with Gasteiger partial charge < -0.3 is 14.8 Å². The number of aromatic nitrogens is 3. The molecule has 25 heavy (non-hydrogen) atoms. The minimum Gasteiger partial charge on any atom is -0.350 e. The SMILES string of the molecule is Cc1c(C(=O)N2CCN(c3ncccn3)CC2)[nH]c2ccc(F)cc12. The highest BCUT2D eigenvalue weighted by atomic mass is 19.1. The van der Waals surface area contributed by atoms with E-state index in [4.69, 9.17) is 0 Å². The van der Waals surface area contributed by atoms with Crippen LogP contribution in [-0.4, -0.2) is 51.9 Å². The average molecular weight is 339 g/mol. The summed E-state index contributed by atoms with van der Waals surface area (Å²) in [6.07, 6.45) is 3.43. The molecule has 0 bridgehead atoms. The number of nitrogens with one attached hydrogen (secondary N) is 1. The van der Waals surface area contributed by atoms with Crippen molar-refractivity contribution in [2.24, 2.45) is 0 Å². The molecule has 7 heteroatoms. The number of piperazine rings is 1. The Labute approximate surface area is 144 Å². The Morgan fingerprint density at radius 3 is 2.60 bits per heavy atom. The van der Waals surface area contributed by atoms with E-state index in [2.05, 4.69) is 19.9 Å². The molecule has 4 rings (SSSR count). The number of halogens is 1. The van der Waals surface area contributed by atoms with Crippen LogP contribution in [0.2, 0.25) is 0 Å². The Hall–Kier alpha value is -2.96. The molecule has 0 atom stereocenters. The van der Waals surface area contributed by atoms with Gasteiger partial charge in [0.15, 0.2) is 0 Å². The van der Waals surface area contributed by atoms with Gasteiger partial charge in [0.2, 0.25) is 5.95 Å². The normalized spacial score (nSPS) is 15.0. The van der Waals surface area contributed by atoms with Crippen LogP contribution in [0.5, 0.6) is 0 Å². The second kappa shape index (κ2) is 6.16. The minimum absolute atomic E-state index is 0.0530. The summed E-state index contributed by atoms with van der Waals surface area (Å²) >= 11 is 0. The number of benzene rings is 1. The van der Waals surface area contributed by atoms with Crippen molar-refractivity contribution in [1.82, 2.24) is 19.9 Å². The molecule has 0 aliphatic carbocycles. The Morgan fingerprint density at radius 1 is 1.16 bits per heavy atom. The zero-order chi connectivity index (χ0) is 17.4. The van der Waals surface area contributed by atoms with Crippen LogP contribution < -0.4 is 4.90 Å². The van der Waals surface area contributed by atoms with Gasteiger partial charge in [-0.25, -0.2) is 14.4 Å². The Balaban J connectivity index is 1.52. The van der Waals surface area contributed by atoms with Crippen molar-refractivity contribution < 1.29 is 9.18 Å². The van der Waals surface area contributed by atoms with E-state index in [9.17, 15) is 9.18 Å². The molecule has 1 amide bonds. The minimum atomic E-state index is -0.301. The largest absolute Gasteiger partial charge is 0.350 e. The van der Waals surface area contributed by atoms with Gasteiger partial charge in [0, 0.05) is 49.5 Å². The van der Waals surface area contributed by atoms with Crippen LogP contribution >= 0.6 is 0 Å². The van der Waals surface area contributed by atoms with E-state index in [-0.39, 0.29) is 11.7 Å². The topological polar surface area (TPSA) is 65.1 Å². The molecule has 0 radical (unpaired) electrons. The highest BCUT2D eigenvalue weighted by Crippen LogP contribution is 2.24. The number of carbonyl (C=O) groups is 1. The molecule has 3 heterocycles. The number of aryl methyl sites for hydroxylation is 1. The first kappa shape index (κ1) is 15.6. The van der Waals surface area contributed by atoms with Crippen LogP contribution in [0.25, 0.3) is 10.9 Å². The van der Waals surface area contributed by atoms with Crippen molar-refractivity contribution in [2.45, 2.75) is 6.92 Å². The Bertz CT molecular complexity index is 916. The number of aromatic amines is 1. The number of anilines is 1. The monoisotopic (exact) mass is 339 g/mol. The predicted molar refractivity (Wildman–Crippen MR) is 93.1 cm³/mol. The van der Waals surface area contributed by atoms with Crippen molar-refractivity contribution in [1.29, 1.82) is 0 Å². The fourth-order valence-corrected chi connectivity index (χ4v) is 3.23. The lowest BCUT2D eigenvalue weighted by Crippen LogP contribution is -2.49. The number of hydrogen-bond acceptors (Lipinski definition) is 4. The van der Waals surface area contributed by atoms with Crippen LogP contribution in [0.3, 0.4) is 0 Å². The first-order valence-corrected chi connectivity index (χ1v) is 8.22. The third-order valence-corrected chi connectivity index (χ3v) is 4.64. The number of carbonyl (C=O) groups excluding carboxylic acids is 1. The van der Waals surface area contributed by atoms with Gasteiger partial charge >= 0.3 is 0 Å². The fourth-order valence-electron chi connectivity index (χ4n) is 3.23. The second-order valence-corrected chi connectivity index (χ2v) is 6.14. The van der Waals surface area contributed by atoms with Crippen LogP contribution in [0.15, 0.2) is 36.7 Å². The number of H-pyrrole nitrogens is 1. The van der Waals surface area contributed by atoms with E-state index in [1.807, 2.05) is 11.8 Å². The molecule has 0 spiro atoms. The fraction of sp³-hybridized carbons (Fsp3) is 0.278. The number of hydrogen-bond donors (Lipinski definition) is 1. The maximum Gasteiger partial charge on any atom is 0.270 e. The van der Waals surface area contributed by atoms with Crippen LogP contribution in [-0.2, 0) is 0 Å². The first-order chi connectivity index (χ1) is 12.1. The highest BCUT2D eigenvalue weighted by molar-refractivity contribution is 6.01. The van der Waals surface area contributed by atoms with Crippen molar-refractivity contribution in [3.8, 4) is 0 Å².